The second kappa shape index (κ2) is 16.3. The van der Waals surface area contributed by atoms with Crippen LogP contribution in [0.25, 0.3) is 0 Å². The minimum Gasteiger partial charge on any atom is -0.494 e. The zero-order valence-electron chi connectivity index (χ0n) is 19.6. The first-order chi connectivity index (χ1) is 16.5. The molecule has 2 heterocycles. The zero-order valence-corrected chi connectivity index (χ0v) is 22.8. The first kappa shape index (κ1) is 28.8. The number of carbonyl (C=O) groups excluding carboxylic acids is 3. The summed E-state index contributed by atoms with van der Waals surface area (Å²) >= 11 is 2.02. The van der Waals surface area contributed by atoms with Crippen molar-refractivity contribution in [2.45, 2.75) is 64.2 Å². The minimum atomic E-state index is -0.764. The Kier molecular flexibility index (Phi) is 13.8. The van der Waals surface area contributed by atoms with Gasteiger partial charge in [0.05, 0.1) is 20.4 Å². The van der Waals surface area contributed by atoms with Crippen LogP contribution < -0.4 is 20.9 Å². The summed E-state index contributed by atoms with van der Waals surface area (Å²) in [5, 5.41) is 5.81. The normalized spacial score (nSPS) is 21.5. The van der Waals surface area contributed by atoms with E-state index in [-0.39, 0.29) is 24.2 Å². The number of amides is 3. The van der Waals surface area contributed by atoms with Crippen molar-refractivity contribution in [3.05, 3.63) is 29.8 Å². The van der Waals surface area contributed by atoms with Crippen molar-refractivity contribution in [2.75, 3.05) is 13.2 Å². The molecule has 2 radical (unpaired) electrons. The lowest BCUT2D eigenvalue weighted by molar-refractivity contribution is -0.140. The fourth-order valence-corrected chi connectivity index (χ4v) is 4.44. The Labute approximate surface area is 218 Å². The number of hydroxylamine groups is 1. The molecule has 34 heavy (non-hydrogen) atoms. The highest BCUT2D eigenvalue weighted by Crippen LogP contribution is 2.27. The molecule has 2 bridgehead atoms. The van der Waals surface area contributed by atoms with Crippen molar-refractivity contribution in [2.24, 2.45) is 11.8 Å². The van der Waals surface area contributed by atoms with Crippen molar-refractivity contribution in [3.63, 3.8) is 0 Å². The fourth-order valence-electron chi connectivity index (χ4n) is 3.97. The van der Waals surface area contributed by atoms with Crippen molar-refractivity contribution in [3.8, 4) is 5.75 Å². The summed E-state index contributed by atoms with van der Waals surface area (Å²) in [6, 6.07) is 6.76. The van der Waals surface area contributed by atoms with Gasteiger partial charge in [0.25, 0.3) is 0 Å². The Hall–Kier alpha value is -1.39. The lowest BCUT2D eigenvalue weighted by Gasteiger charge is -2.28. The molecule has 1 aromatic rings. The highest BCUT2D eigenvalue weighted by Gasteiger charge is 2.35. The van der Waals surface area contributed by atoms with Crippen molar-refractivity contribution in [1.82, 2.24) is 16.1 Å². The number of ether oxygens (including phenoxy) is 1. The predicted molar refractivity (Wildman–Crippen MR) is 143 cm³/mol. The number of halogens is 1. The van der Waals surface area contributed by atoms with Crippen LogP contribution in [0.4, 0.5) is 0 Å². The molecular formula is C23H34BIN3O5P. The van der Waals surface area contributed by atoms with Gasteiger partial charge in [0.15, 0.2) is 0 Å². The van der Waals surface area contributed by atoms with E-state index in [1.165, 1.54) is 0 Å². The van der Waals surface area contributed by atoms with Crippen molar-refractivity contribution >= 4 is 54.1 Å². The van der Waals surface area contributed by atoms with Crippen LogP contribution in [0.3, 0.4) is 0 Å². The summed E-state index contributed by atoms with van der Waals surface area (Å²) in [5.41, 5.74) is 3.38. The number of fused-ring (bicyclic) bond motifs is 11. The van der Waals surface area contributed by atoms with Gasteiger partial charge in [0.1, 0.15) is 18.2 Å². The van der Waals surface area contributed by atoms with E-state index in [2.05, 4.69) is 16.1 Å². The molecule has 2 aliphatic rings. The molecule has 0 saturated heterocycles. The number of carbonyl (C=O) groups is 3. The topological polar surface area (TPSA) is 106 Å². The van der Waals surface area contributed by atoms with Crippen LogP contribution in [-0.4, -0.2) is 44.8 Å². The average Bonchev–Trinajstić information content (AvgIpc) is 2.84. The molecule has 2 aliphatic heterocycles. The van der Waals surface area contributed by atoms with E-state index < -0.39 is 17.9 Å². The van der Waals surface area contributed by atoms with Gasteiger partial charge in [0.2, 0.25) is 17.7 Å². The lowest BCUT2D eigenvalue weighted by Crippen LogP contribution is -2.51. The summed E-state index contributed by atoms with van der Waals surface area (Å²) in [4.78, 5) is 39.4. The number of unbranched alkanes of at least 4 members (excludes halogenated alkanes) is 1. The molecular weight excluding hydrogens is 567 g/mol. The minimum absolute atomic E-state index is 0.0655. The molecule has 8 nitrogen and oxygen atoms in total. The van der Waals surface area contributed by atoms with Crippen LogP contribution in [0.5, 0.6) is 5.75 Å². The SMILES string of the molecule is [B]CCCNC(=O)[C@@H]1Cc2ccc(cc2)OCCC[C@H](C(=O)NOPI)[C@@H](CCCC)C(=O)N1. The van der Waals surface area contributed by atoms with Gasteiger partial charge in [-0.3, -0.25) is 14.4 Å². The number of hydrogen-bond acceptors (Lipinski definition) is 5. The molecule has 3 rings (SSSR count). The highest BCUT2D eigenvalue weighted by atomic mass is 127. The molecule has 1 aromatic carbocycles. The Morgan fingerprint density at radius 3 is 2.71 bits per heavy atom. The maximum atomic E-state index is 13.5. The van der Waals surface area contributed by atoms with E-state index in [0.717, 1.165) is 24.2 Å². The zero-order chi connectivity index (χ0) is 24.8. The third kappa shape index (κ3) is 9.70. The molecule has 11 heteroatoms. The Balaban J connectivity index is 2.33. The highest BCUT2D eigenvalue weighted by molar-refractivity contribution is 14.2. The van der Waals surface area contributed by atoms with Gasteiger partial charge in [-0.1, -0.05) is 38.2 Å². The first-order valence-corrected chi connectivity index (χ1v) is 15.8. The molecule has 0 aliphatic carbocycles. The van der Waals surface area contributed by atoms with Crippen molar-refractivity contribution < 1.29 is 23.7 Å². The summed E-state index contributed by atoms with van der Waals surface area (Å²) in [6.45, 7) is 2.98. The van der Waals surface area contributed by atoms with E-state index in [4.69, 9.17) is 17.2 Å². The molecule has 0 saturated carbocycles. The maximum Gasteiger partial charge on any atom is 0.247 e. The molecule has 0 aromatic heterocycles. The van der Waals surface area contributed by atoms with Gasteiger partial charge in [-0.05, 0) is 65.4 Å². The third-order valence-electron chi connectivity index (χ3n) is 5.82. The van der Waals surface area contributed by atoms with Crippen LogP contribution >= 0.6 is 28.5 Å². The molecule has 186 valence electrons. The fraction of sp³-hybridized carbons (Fsp3) is 0.609. The Bertz CT molecular complexity index is 786. The smallest absolute Gasteiger partial charge is 0.247 e. The van der Waals surface area contributed by atoms with Gasteiger partial charge in [-0.25, -0.2) is 10.1 Å². The van der Waals surface area contributed by atoms with E-state index in [1.54, 1.807) is 0 Å². The summed E-state index contributed by atoms with van der Waals surface area (Å²) < 4.78 is 11.0. The molecule has 0 fully saturated rings. The van der Waals surface area contributed by atoms with Gasteiger partial charge in [-0.2, -0.15) is 0 Å². The van der Waals surface area contributed by atoms with Crippen LogP contribution in [0.2, 0.25) is 6.32 Å². The Morgan fingerprint density at radius 1 is 1.26 bits per heavy atom. The van der Waals surface area contributed by atoms with Gasteiger partial charge >= 0.3 is 0 Å². The maximum absolute atomic E-state index is 13.5. The van der Waals surface area contributed by atoms with E-state index in [0.29, 0.717) is 51.6 Å². The standard InChI is InChI=1S/C23H34BIN3O5P/c1-2-3-6-18-19(22(30)28-33-34-25)7-4-14-32-17-10-8-16(9-11-17)15-20(27-21(18)29)23(31)26-13-5-12-24/h8-11,18-20,34H,2-7,12-15H2,1H3,(H,26,31)(H,27,29)(H,28,30)/t18-,19+,20+/m1/s1. The third-order valence-corrected chi connectivity index (χ3v) is 6.66. The second-order valence-corrected chi connectivity index (χ2v) is 10.0. The van der Waals surface area contributed by atoms with E-state index >= 15 is 0 Å². The lowest BCUT2D eigenvalue weighted by atomic mass is 9.83. The number of rotatable bonds is 10. The molecule has 3 N–H and O–H groups in total. The monoisotopic (exact) mass is 601 g/mol. The van der Waals surface area contributed by atoms with Crippen molar-refractivity contribution in [1.29, 1.82) is 0 Å². The van der Waals surface area contributed by atoms with E-state index in [1.807, 2.05) is 53.2 Å². The van der Waals surface area contributed by atoms with E-state index in [9.17, 15) is 14.4 Å². The average molecular weight is 601 g/mol. The number of benzene rings is 1. The number of hydrogen-bond donors (Lipinski definition) is 3. The van der Waals surface area contributed by atoms with Gasteiger partial charge in [-0.15, -0.1) is 0 Å². The first-order valence-electron chi connectivity index (χ1n) is 11.8. The van der Waals surface area contributed by atoms with Crippen LogP contribution in [0, 0.1) is 11.8 Å². The van der Waals surface area contributed by atoms with Crippen LogP contribution in [0.1, 0.15) is 51.0 Å². The Morgan fingerprint density at radius 2 is 2.03 bits per heavy atom. The summed E-state index contributed by atoms with van der Waals surface area (Å²) in [7, 11) is 5.54. The predicted octanol–water partition coefficient (Wildman–Crippen LogP) is 3.39. The molecule has 4 atom stereocenters. The molecule has 1 unspecified atom stereocenters. The second-order valence-electron chi connectivity index (χ2n) is 8.33. The largest absolute Gasteiger partial charge is 0.494 e. The van der Waals surface area contributed by atoms with Gasteiger partial charge < -0.3 is 15.4 Å². The molecule has 0 spiro atoms. The summed E-state index contributed by atoms with van der Waals surface area (Å²) in [5.74, 6) is -1.32. The molecule has 3 amide bonds. The summed E-state index contributed by atoms with van der Waals surface area (Å²) in [6.07, 6.45) is 4.74. The van der Waals surface area contributed by atoms with Crippen LogP contribution in [0.15, 0.2) is 24.3 Å². The quantitative estimate of drug-likeness (QED) is 0.126. The van der Waals surface area contributed by atoms with Crippen LogP contribution in [-0.2, 0) is 25.4 Å². The van der Waals surface area contributed by atoms with Gasteiger partial charge in [0, 0.05) is 18.9 Å². The number of nitrogens with one attached hydrogen (secondary N) is 3.